The first-order valence-electron chi connectivity index (χ1n) is 11.1. The SMILES string of the molecule is CCCc1c(CC(=O)OC)c2cc(C)ccc2n1CNC(=O)c1c(Cl)cc(-n2cnnc2)cc1Cl. The molecule has 0 aliphatic rings. The molecule has 2 heterocycles. The number of rotatable bonds is 8. The van der Waals surface area contributed by atoms with E-state index in [0.717, 1.165) is 40.6 Å². The number of hydrogen-bond acceptors (Lipinski definition) is 5. The molecule has 1 amide bonds. The number of carbonyl (C=O) groups is 2. The highest BCUT2D eigenvalue weighted by Gasteiger charge is 2.21. The second kappa shape index (κ2) is 10.5. The summed E-state index contributed by atoms with van der Waals surface area (Å²) in [4.78, 5) is 25.3. The van der Waals surface area contributed by atoms with Crippen molar-refractivity contribution in [2.45, 2.75) is 39.8 Å². The summed E-state index contributed by atoms with van der Waals surface area (Å²) in [6.45, 7) is 4.27. The maximum absolute atomic E-state index is 13.1. The van der Waals surface area contributed by atoms with Crippen LogP contribution in [0.3, 0.4) is 0 Å². The van der Waals surface area contributed by atoms with Crippen LogP contribution in [0.2, 0.25) is 10.0 Å². The molecule has 182 valence electrons. The number of carbonyl (C=O) groups excluding carboxylic acids is 2. The Morgan fingerprint density at radius 1 is 1.09 bits per heavy atom. The highest BCUT2D eigenvalue weighted by Crippen LogP contribution is 2.30. The van der Waals surface area contributed by atoms with Crippen molar-refractivity contribution in [2.75, 3.05) is 7.11 Å². The topological polar surface area (TPSA) is 91.0 Å². The van der Waals surface area contributed by atoms with Crippen LogP contribution < -0.4 is 5.32 Å². The minimum Gasteiger partial charge on any atom is -0.469 e. The summed E-state index contributed by atoms with van der Waals surface area (Å²) >= 11 is 12.9. The van der Waals surface area contributed by atoms with E-state index in [4.69, 9.17) is 27.9 Å². The predicted molar refractivity (Wildman–Crippen MR) is 135 cm³/mol. The van der Waals surface area contributed by atoms with Crippen LogP contribution in [0.4, 0.5) is 0 Å². The van der Waals surface area contributed by atoms with Crippen molar-refractivity contribution in [3.05, 3.63) is 75.4 Å². The van der Waals surface area contributed by atoms with Gasteiger partial charge in [-0.25, -0.2) is 0 Å². The Bertz CT molecular complexity index is 1370. The van der Waals surface area contributed by atoms with Gasteiger partial charge in [-0.15, -0.1) is 10.2 Å². The molecule has 1 N–H and O–H groups in total. The first kappa shape index (κ1) is 24.8. The number of hydrogen-bond donors (Lipinski definition) is 1. The highest BCUT2D eigenvalue weighted by atomic mass is 35.5. The van der Waals surface area contributed by atoms with E-state index in [1.165, 1.54) is 19.8 Å². The first-order chi connectivity index (χ1) is 16.8. The minimum atomic E-state index is -0.402. The summed E-state index contributed by atoms with van der Waals surface area (Å²) in [6.07, 6.45) is 4.81. The van der Waals surface area contributed by atoms with E-state index in [0.29, 0.717) is 5.69 Å². The number of nitrogens with zero attached hydrogens (tertiary/aromatic N) is 4. The van der Waals surface area contributed by atoms with Gasteiger partial charge < -0.3 is 14.6 Å². The largest absolute Gasteiger partial charge is 0.469 e. The van der Waals surface area contributed by atoms with Crippen molar-refractivity contribution in [1.82, 2.24) is 24.6 Å². The van der Waals surface area contributed by atoms with Crippen molar-refractivity contribution in [3.63, 3.8) is 0 Å². The molecule has 0 atom stereocenters. The van der Waals surface area contributed by atoms with Gasteiger partial charge in [0.15, 0.2) is 0 Å². The van der Waals surface area contributed by atoms with E-state index in [-0.39, 0.29) is 34.7 Å². The van der Waals surface area contributed by atoms with Crippen LogP contribution in [0.15, 0.2) is 43.0 Å². The van der Waals surface area contributed by atoms with E-state index >= 15 is 0 Å². The lowest BCUT2D eigenvalue weighted by Crippen LogP contribution is -2.27. The number of nitrogens with one attached hydrogen (secondary N) is 1. The molecule has 0 saturated heterocycles. The summed E-state index contributed by atoms with van der Waals surface area (Å²) in [5.41, 5.74) is 4.74. The molecular weight excluding hydrogens is 489 g/mol. The van der Waals surface area contributed by atoms with E-state index in [9.17, 15) is 9.59 Å². The molecule has 10 heteroatoms. The standard InChI is InChI=1S/C25H25Cl2N5O3/c1-4-5-21-18(11-23(33)35-3)17-8-15(2)6-7-22(17)32(21)12-28-25(34)24-19(26)9-16(10-20(24)27)31-13-29-30-14-31/h6-10,13-14H,4-5,11-12H2,1-3H3,(H,28,34). The van der Waals surface area contributed by atoms with Crippen molar-refractivity contribution in [2.24, 2.45) is 0 Å². The number of benzene rings is 2. The molecule has 0 fully saturated rings. The summed E-state index contributed by atoms with van der Waals surface area (Å²) in [5, 5.41) is 11.9. The molecule has 0 aliphatic heterocycles. The molecule has 4 aromatic rings. The van der Waals surface area contributed by atoms with E-state index in [1.54, 1.807) is 16.7 Å². The van der Waals surface area contributed by atoms with Gasteiger partial charge in [0.2, 0.25) is 0 Å². The molecule has 0 unspecified atom stereocenters. The van der Waals surface area contributed by atoms with Gasteiger partial charge in [0.25, 0.3) is 5.91 Å². The average molecular weight is 514 g/mol. The van der Waals surface area contributed by atoms with E-state index < -0.39 is 5.91 Å². The molecular formula is C25H25Cl2N5O3. The third kappa shape index (κ3) is 5.04. The Labute approximate surface area is 212 Å². The maximum atomic E-state index is 13.1. The van der Waals surface area contributed by atoms with Gasteiger partial charge >= 0.3 is 5.97 Å². The van der Waals surface area contributed by atoms with Crippen LogP contribution in [0.5, 0.6) is 0 Å². The van der Waals surface area contributed by atoms with Crippen LogP contribution in [0.1, 0.15) is 40.5 Å². The molecule has 35 heavy (non-hydrogen) atoms. The maximum Gasteiger partial charge on any atom is 0.310 e. The lowest BCUT2D eigenvalue weighted by Gasteiger charge is -2.15. The number of methoxy groups -OCH3 is 1. The molecule has 8 nitrogen and oxygen atoms in total. The predicted octanol–water partition coefficient (Wildman–Crippen LogP) is 4.89. The zero-order valence-electron chi connectivity index (χ0n) is 19.6. The summed E-state index contributed by atoms with van der Waals surface area (Å²) in [5.74, 6) is -0.708. The third-order valence-corrected chi connectivity index (χ3v) is 6.44. The fourth-order valence-corrected chi connectivity index (χ4v) is 4.85. The van der Waals surface area contributed by atoms with Gasteiger partial charge in [0.05, 0.1) is 47.0 Å². The lowest BCUT2D eigenvalue weighted by atomic mass is 10.0. The normalized spacial score (nSPS) is 11.1. The summed E-state index contributed by atoms with van der Waals surface area (Å²) < 4.78 is 8.61. The quantitative estimate of drug-likeness (QED) is 0.338. The first-order valence-corrected chi connectivity index (χ1v) is 11.9. The third-order valence-electron chi connectivity index (χ3n) is 5.85. The monoisotopic (exact) mass is 513 g/mol. The lowest BCUT2D eigenvalue weighted by molar-refractivity contribution is -0.139. The zero-order chi connectivity index (χ0) is 25.1. The number of aromatic nitrogens is 4. The van der Waals surface area contributed by atoms with Crippen LogP contribution in [-0.2, 0) is 29.0 Å². The second-order valence-corrected chi connectivity index (χ2v) is 9.01. The van der Waals surface area contributed by atoms with Gasteiger partial charge in [-0.3, -0.25) is 14.2 Å². The van der Waals surface area contributed by atoms with Gasteiger partial charge in [-0.05, 0) is 43.2 Å². The molecule has 0 saturated carbocycles. The number of ether oxygens (including phenoxy) is 1. The molecule has 2 aromatic heterocycles. The number of fused-ring (bicyclic) bond motifs is 1. The fraction of sp³-hybridized carbons (Fsp3) is 0.280. The Hall–Kier alpha value is -3.36. The second-order valence-electron chi connectivity index (χ2n) is 8.19. The van der Waals surface area contributed by atoms with E-state index in [1.807, 2.05) is 23.6 Å². The van der Waals surface area contributed by atoms with Crippen molar-refractivity contribution >= 4 is 46.0 Å². The minimum absolute atomic E-state index is 0.162. The van der Waals surface area contributed by atoms with Gasteiger partial charge in [0.1, 0.15) is 12.7 Å². The van der Waals surface area contributed by atoms with Crippen LogP contribution in [-0.4, -0.2) is 38.3 Å². The molecule has 0 aliphatic carbocycles. The average Bonchev–Trinajstić information content (AvgIpc) is 3.45. The van der Waals surface area contributed by atoms with Crippen molar-refractivity contribution in [3.8, 4) is 5.69 Å². The van der Waals surface area contributed by atoms with Crippen LogP contribution in [0, 0.1) is 6.92 Å². The Morgan fingerprint density at radius 3 is 2.40 bits per heavy atom. The van der Waals surface area contributed by atoms with Gasteiger partial charge in [0, 0.05) is 11.1 Å². The number of aryl methyl sites for hydroxylation is 1. The van der Waals surface area contributed by atoms with Crippen molar-refractivity contribution in [1.29, 1.82) is 0 Å². The molecule has 4 rings (SSSR count). The molecule has 0 radical (unpaired) electrons. The molecule has 0 bridgehead atoms. The van der Waals surface area contributed by atoms with Gasteiger partial charge in [-0.1, -0.05) is 48.2 Å². The zero-order valence-corrected chi connectivity index (χ0v) is 21.2. The van der Waals surface area contributed by atoms with Crippen LogP contribution in [0.25, 0.3) is 16.6 Å². The molecule has 2 aromatic carbocycles. The smallest absolute Gasteiger partial charge is 0.310 e. The van der Waals surface area contributed by atoms with Gasteiger partial charge in [-0.2, -0.15) is 0 Å². The Morgan fingerprint density at radius 2 is 1.77 bits per heavy atom. The number of esters is 1. The highest BCUT2D eigenvalue weighted by molar-refractivity contribution is 6.40. The fourth-order valence-electron chi connectivity index (χ4n) is 4.21. The summed E-state index contributed by atoms with van der Waals surface area (Å²) in [7, 11) is 1.38. The van der Waals surface area contributed by atoms with E-state index in [2.05, 4.69) is 28.5 Å². The summed E-state index contributed by atoms with van der Waals surface area (Å²) in [6, 6.07) is 9.34. The van der Waals surface area contributed by atoms with Crippen LogP contribution >= 0.6 is 23.2 Å². The Kier molecular flexibility index (Phi) is 7.42. The molecule has 0 spiro atoms. The Balaban J connectivity index is 1.68. The number of halogens is 2. The van der Waals surface area contributed by atoms with Crippen molar-refractivity contribution < 1.29 is 14.3 Å². The number of amides is 1.